The third-order valence-electron chi connectivity index (χ3n) is 2.81. The van der Waals surface area contributed by atoms with E-state index in [1.807, 2.05) is 12.1 Å². The molecule has 5 nitrogen and oxygen atoms in total. The van der Waals surface area contributed by atoms with E-state index in [1.165, 1.54) is 0 Å². The molecule has 0 saturated carbocycles. The lowest BCUT2D eigenvalue weighted by Crippen LogP contribution is -2.19. The fraction of sp³-hybridized carbons (Fsp3) is 0.333. The number of aromatic nitrogens is 2. The average molecular weight is 308 g/mol. The standard InChI is InChI=1S/C15H18ClN3O2/c1-20-9-8-17-10-12-4-2-5-13(16)15(12)21-11-14-18-6-3-7-19-14/h2-7,17H,8-11H2,1H3. The SMILES string of the molecule is COCCNCc1cccc(Cl)c1OCc1ncccn1. The highest BCUT2D eigenvalue weighted by molar-refractivity contribution is 6.32. The summed E-state index contributed by atoms with van der Waals surface area (Å²) >= 11 is 6.22. The van der Waals surface area contributed by atoms with Crippen LogP contribution in [-0.4, -0.2) is 30.2 Å². The first-order valence-corrected chi connectivity index (χ1v) is 7.05. The Balaban J connectivity index is 2.00. The lowest BCUT2D eigenvalue weighted by molar-refractivity contribution is 0.199. The molecule has 0 unspecified atom stereocenters. The second-order valence-corrected chi connectivity index (χ2v) is 4.76. The van der Waals surface area contributed by atoms with Crippen molar-refractivity contribution in [2.45, 2.75) is 13.2 Å². The van der Waals surface area contributed by atoms with Gasteiger partial charge in [0.2, 0.25) is 0 Å². The number of halogens is 1. The van der Waals surface area contributed by atoms with Crippen molar-refractivity contribution in [3.8, 4) is 5.75 Å². The van der Waals surface area contributed by atoms with Crippen LogP contribution < -0.4 is 10.1 Å². The summed E-state index contributed by atoms with van der Waals surface area (Å²) in [5.74, 6) is 1.28. The van der Waals surface area contributed by atoms with Crippen LogP contribution in [0.4, 0.5) is 0 Å². The summed E-state index contributed by atoms with van der Waals surface area (Å²) in [7, 11) is 1.68. The second kappa shape index (κ2) is 8.56. The molecule has 0 saturated heterocycles. The summed E-state index contributed by atoms with van der Waals surface area (Å²) in [6.07, 6.45) is 3.37. The summed E-state index contributed by atoms with van der Waals surface area (Å²) in [6.45, 7) is 2.38. The number of nitrogens with one attached hydrogen (secondary N) is 1. The zero-order valence-electron chi connectivity index (χ0n) is 11.9. The molecule has 1 heterocycles. The van der Waals surface area contributed by atoms with Crippen LogP contribution in [0.5, 0.6) is 5.75 Å². The molecule has 0 aliphatic heterocycles. The zero-order chi connectivity index (χ0) is 14.9. The lowest BCUT2D eigenvalue weighted by Gasteiger charge is -2.13. The lowest BCUT2D eigenvalue weighted by atomic mass is 10.2. The maximum Gasteiger partial charge on any atom is 0.166 e. The fourth-order valence-corrected chi connectivity index (χ4v) is 2.04. The van der Waals surface area contributed by atoms with Gasteiger partial charge in [0.25, 0.3) is 0 Å². The molecule has 0 aliphatic carbocycles. The molecule has 1 N–H and O–H groups in total. The molecule has 0 radical (unpaired) electrons. The Morgan fingerprint density at radius 2 is 2.00 bits per heavy atom. The van der Waals surface area contributed by atoms with E-state index in [9.17, 15) is 0 Å². The number of benzene rings is 1. The molecule has 2 aromatic rings. The summed E-state index contributed by atoms with van der Waals surface area (Å²) in [5, 5.41) is 3.85. The minimum atomic E-state index is 0.287. The van der Waals surface area contributed by atoms with Gasteiger partial charge in [-0.15, -0.1) is 0 Å². The molecule has 0 aliphatic rings. The maximum absolute atomic E-state index is 6.22. The summed E-state index contributed by atoms with van der Waals surface area (Å²) in [5.41, 5.74) is 0.995. The Kier molecular flexibility index (Phi) is 6.40. The van der Waals surface area contributed by atoms with E-state index < -0.39 is 0 Å². The second-order valence-electron chi connectivity index (χ2n) is 4.35. The molecular weight excluding hydrogens is 290 g/mol. The van der Waals surface area contributed by atoms with Crippen molar-refractivity contribution in [3.63, 3.8) is 0 Å². The van der Waals surface area contributed by atoms with Crippen LogP contribution in [0.2, 0.25) is 5.02 Å². The first-order valence-electron chi connectivity index (χ1n) is 6.67. The van der Waals surface area contributed by atoms with Crippen molar-refractivity contribution in [1.29, 1.82) is 0 Å². The van der Waals surface area contributed by atoms with E-state index in [-0.39, 0.29) is 6.61 Å². The van der Waals surface area contributed by atoms with Gasteiger partial charge in [0.05, 0.1) is 11.6 Å². The normalized spacial score (nSPS) is 10.6. The third kappa shape index (κ3) is 4.97. The molecule has 0 spiro atoms. The first-order chi connectivity index (χ1) is 10.3. The van der Waals surface area contributed by atoms with E-state index in [0.29, 0.717) is 29.7 Å². The molecule has 0 fully saturated rings. The molecule has 2 rings (SSSR count). The Labute approximate surface area is 129 Å². The van der Waals surface area contributed by atoms with Crippen LogP contribution in [0.1, 0.15) is 11.4 Å². The molecule has 0 amide bonds. The maximum atomic E-state index is 6.22. The molecular formula is C15H18ClN3O2. The minimum absolute atomic E-state index is 0.287. The van der Waals surface area contributed by atoms with E-state index in [4.69, 9.17) is 21.1 Å². The van der Waals surface area contributed by atoms with Gasteiger partial charge in [0, 0.05) is 38.2 Å². The zero-order valence-corrected chi connectivity index (χ0v) is 12.6. The Bertz CT molecular complexity index is 552. The summed E-state index contributed by atoms with van der Waals surface area (Å²) in [4.78, 5) is 8.26. The van der Waals surface area contributed by atoms with Crippen LogP contribution in [0, 0.1) is 0 Å². The van der Waals surface area contributed by atoms with Crippen molar-refractivity contribution in [2.75, 3.05) is 20.3 Å². The monoisotopic (exact) mass is 307 g/mol. The van der Waals surface area contributed by atoms with E-state index in [2.05, 4.69) is 15.3 Å². The van der Waals surface area contributed by atoms with Crippen LogP contribution >= 0.6 is 11.6 Å². The van der Waals surface area contributed by atoms with Gasteiger partial charge in [-0.2, -0.15) is 0 Å². The van der Waals surface area contributed by atoms with Gasteiger partial charge >= 0.3 is 0 Å². The number of para-hydroxylation sites is 1. The molecule has 112 valence electrons. The van der Waals surface area contributed by atoms with Gasteiger partial charge in [0.1, 0.15) is 12.4 Å². The summed E-state index contributed by atoms with van der Waals surface area (Å²) in [6, 6.07) is 7.46. The summed E-state index contributed by atoms with van der Waals surface area (Å²) < 4.78 is 10.8. The van der Waals surface area contributed by atoms with Gasteiger partial charge in [-0.05, 0) is 12.1 Å². The topological polar surface area (TPSA) is 56.3 Å². The first kappa shape index (κ1) is 15.7. The van der Waals surface area contributed by atoms with Crippen LogP contribution in [0.25, 0.3) is 0 Å². The largest absolute Gasteiger partial charge is 0.484 e. The van der Waals surface area contributed by atoms with Gasteiger partial charge in [0.15, 0.2) is 5.82 Å². The Morgan fingerprint density at radius 1 is 1.19 bits per heavy atom. The number of ether oxygens (including phenoxy) is 2. The highest BCUT2D eigenvalue weighted by atomic mass is 35.5. The fourth-order valence-electron chi connectivity index (χ4n) is 1.79. The van der Waals surface area contributed by atoms with Crippen molar-refractivity contribution in [2.24, 2.45) is 0 Å². The number of rotatable bonds is 8. The molecule has 0 bridgehead atoms. The third-order valence-corrected chi connectivity index (χ3v) is 3.11. The smallest absolute Gasteiger partial charge is 0.166 e. The highest BCUT2D eigenvalue weighted by Gasteiger charge is 2.09. The van der Waals surface area contributed by atoms with Crippen molar-refractivity contribution in [1.82, 2.24) is 15.3 Å². The van der Waals surface area contributed by atoms with Crippen molar-refractivity contribution >= 4 is 11.6 Å². The predicted molar refractivity (Wildman–Crippen MR) is 81.4 cm³/mol. The van der Waals surface area contributed by atoms with Gasteiger partial charge in [-0.3, -0.25) is 0 Å². The van der Waals surface area contributed by atoms with E-state index in [0.717, 1.165) is 12.1 Å². The van der Waals surface area contributed by atoms with Gasteiger partial charge in [-0.1, -0.05) is 23.7 Å². The van der Waals surface area contributed by atoms with E-state index in [1.54, 1.807) is 31.6 Å². The molecule has 1 aromatic carbocycles. The minimum Gasteiger partial charge on any atom is -0.484 e. The average Bonchev–Trinajstić information content (AvgIpc) is 2.52. The Hall–Kier alpha value is -1.69. The Morgan fingerprint density at radius 3 is 2.76 bits per heavy atom. The number of hydrogen-bond donors (Lipinski definition) is 1. The predicted octanol–water partition coefficient (Wildman–Crippen LogP) is 2.45. The quantitative estimate of drug-likeness (QED) is 0.759. The number of hydrogen-bond acceptors (Lipinski definition) is 5. The molecule has 6 heteroatoms. The van der Waals surface area contributed by atoms with Crippen LogP contribution in [-0.2, 0) is 17.9 Å². The molecule has 21 heavy (non-hydrogen) atoms. The number of methoxy groups -OCH3 is 1. The van der Waals surface area contributed by atoms with Crippen molar-refractivity contribution < 1.29 is 9.47 Å². The van der Waals surface area contributed by atoms with Gasteiger partial charge < -0.3 is 14.8 Å². The highest BCUT2D eigenvalue weighted by Crippen LogP contribution is 2.29. The van der Waals surface area contributed by atoms with Crippen LogP contribution in [0.15, 0.2) is 36.7 Å². The molecule has 1 aromatic heterocycles. The molecule has 0 atom stereocenters. The van der Waals surface area contributed by atoms with Crippen LogP contribution in [0.3, 0.4) is 0 Å². The van der Waals surface area contributed by atoms with Gasteiger partial charge in [-0.25, -0.2) is 9.97 Å². The van der Waals surface area contributed by atoms with Crippen molar-refractivity contribution in [3.05, 3.63) is 53.1 Å². The number of nitrogens with zero attached hydrogens (tertiary/aromatic N) is 2. The van der Waals surface area contributed by atoms with E-state index >= 15 is 0 Å².